The van der Waals surface area contributed by atoms with Crippen LogP contribution in [-0.4, -0.2) is 30.6 Å². The number of nitrogens with zero attached hydrogens (tertiary/aromatic N) is 2. The first-order valence-corrected chi connectivity index (χ1v) is 12.9. The summed E-state index contributed by atoms with van der Waals surface area (Å²) in [6, 6.07) is 18.3. The number of para-hydroxylation sites is 1. The summed E-state index contributed by atoms with van der Waals surface area (Å²) in [5.41, 5.74) is 1.02. The number of rotatable bonds is 6. The Morgan fingerprint density at radius 1 is 1.06 bits per heavy atom. The normalized spacial score (nSPS) is 17.7. The van der Waals surface area contributed by atoms with Crippen LogP contribution in [-0.2, 0) is 19.6 Å². The topological polar surface area (TPSA) is 95.9 Å². The van der Waals surface area contributed by atoms with E-state index in [2.05, 4.69) is 9.71 Å². The van der Waals surface area contributed by atoms with Crippen molar-refractivity contribution >= 4 is 73.1 Å². The zero-order chi connectivity index (χ0) is 22.7. The van der Waals surface area contributed by atoms with Crippen molar-refractivity contribution in [2.24, 2.45) is 4.40 Å². The van der Waals surface area contributed by atoms with Crippen molar-refractivity contribution in [3.63, 3.8) is 0 Å². The quantitative estimate of drug-likeness (QED) is 0.527. The van der Waals surface area contributed by atoms with Gasteiger partial charge in [-0.15, -0.1) is 15.7 Å². The predicted molar refractivity (Wildman–Crippen MR) is 129 cm³/mol. The zero-order valence-corrected chi connectivity index (χ0v) is 19.5. The highest BCUT2D eigenvalue weighted by atomic mass is 35.5. The number of nitrogens with one attached hydrogen (secondary N) is 1. The fourth-order valence-electron chi connectivity index (χ4n) is 2.95. The molecule has 0 aliphatic carbocycles. The van der Waals surface area contributed by atoms with E-state index in [9.17, 15) is 18.0 Å². The standard InChI is InChI=1S/C21H16ClN3O4S3/c22-14-8-10-15(11-9-14)23-18(26)13-17-20(27)25(16-5-2-1-3-6-16)21(31-17)24-32(28,29)19-7-4-12-30-19/h1-12,17H,13H2,(H,23,26)/t17-/m1/s1. The Labute approximate surface area is 198 Å². The Morgan fingerprint density at radius 2 is 1.78 bits per heavy atom. The second-order valence-corrected chi connectivity index (χ2v) is 11.0. The first-order valence-electron chi connectivity index (χ1n) is 9.33. The van der Waals surface area contributed by atoms with Crippen molar-refractivity contribution in [2.75, 3.05) is 10.2 Å². The molecule has 0 radical (unpaired) electrons. The second-order valence-electron chi connectivity index (χ2n) is 6.66. The minimum Gasteiger partial charge on any atom is -0.326 e. The number of amides is 2. The Hall–Kier alpha value is -2.66. The predicted octanol–water partition coefficient (Wildman–Crippen LogP) is 4.62. The first-order chi connectivity index (χ1) is 15.3. The summed E-state index contributed by atoms with van der Waals surface area (Å²) >= 11 is 7.86. The number of hydrogen-bond acceptors (Lipinski definition) is 6. The van der Waals surface area contributed by atoms with Gasteiger partial charge < -0.3 is 5.32 Å². The lowest BCUT2D eigenvalue weighted by atomic mass is 10.2. The Balaban J connectivity index is 1.60. The molecular formula is C21H16ClN3O4S3. The van der Waals surface area contributed by atoms with E-state index in [1.54, 1.807) is 66.0 Å². The molecule has 164 valence electrons. The van der Waals surface area contributed by atoms with Crippen molar-refractivity contribution in [3.05, 3.63) is 77.1 Å². The number of thioether (sulfide) groups is 1. The molecule has 0 unspecified atom stereocenters. The maximum atomic E-state index is 13.2. The van der Waals surface area contributed by atoms with Crippen LogP contribution in [0.5, 0.6) is 0 Å². The summed E-state index contributed by atoms with van der Waals surface area (Å²) in [7, 11) is -3.99. The van der Waals surface area contributed by atoms with Gasteiger partial charge in [-0.25, -0.2) is 0 Å². The van der Waals surface area contributed by atoms with Crippen LogP contribution in [0.25, 0.3) is 0 Å². The summed E-state index contributed by atoms with van der Waals surface area (Å²) in [5.74, 6) is -0.791. The molecule has 2 heterocycles. The highest BCUT2D eigenvalue weighted by Gasteiger charge is 2.41. The van der Waals surface area contributed by atoms with E-state index in [-0.39, 0.29) is 21.7 Å². The number of thiophene rings is 1. The van der Waals surface area contributed by atoms with Crippen LogP contribution in [0.15, 0.2) is 80.7 Å². The average molecular weight is 506 g/mol. The summed E-state index contributed by atoms with van der Waals surface area (Å²) in [6.07, 6.45) is -0.145. The molecule has 1 N–H and O–H groups in total. The third-order valence-corrected chi connectivity index (χ3v) is 8.54. The number of sulfonamides is 1. The lowest BCUT2D eigenvalue weighted by Crippen LogP contribution is -2.33. The van der Waals surface area contributed by atoms with E-state index in [0.29, 0.717) is 16.4 Å². The number of hydrogen-bond donors (Lipinski definition) is 1. The van der Waals surface area contributed by atoms with Gasteiger partial charge in [-0.05, 0) is 47.8 Å². The van der Waals surface area contributed by atoms with Crippen molar-refractivity contribution in [1.29, 1.82) is 0 Å². The van der Waals surface area contributed by atoms with Gasteiger partial charge in [0.2, 0.25) is 11.8 Å². The minimum absolute atomic E-state index is 0.0129. The molecule has 1 atom stereocenters. The van der Waals surface area contributed by atoms with Crippen LogP contribution in [0.2, 0.25) is 5.02 Å². The molecule has 1 aliphatic rings. The lowest BCUT2D eigenvalue weighted by molar-refractivity contribution is -0.121. The molecule has 1 saturated heterocycles. The highest BCUT2D eigenvalue weighted by molar-refractivity contribution is 8.16. The van der Waals surface area contributed by atoms with Crippen LogP contribution in [0.1, 0.15) is 6.42 Å². The molecule has 11 heteroatoms. The third-order valence-electron chi connectivity index (χ3n) is 4.40. The van der Waals surface area contributed by atoms with Gasteiger partial charge in [-0.3, -0.25) is 14.5 Å². The molecule has 7 nitrogen and oxygen atoms in total. The maximum Gasteiger partial charge on any atom is 0.294 e. The fourth-order valence-corrected chi connectivity index (χ4v) is 6.38. The molecular weight excluding hydrogens is 490 g/mol. The lowest BCUT2D eigenvalue weighted by Gasteiger charge is -2.16. The Kier molecular flexibility index (Phi) is 6.66. The van der Waals surface area contributed by atoms with E-state index in [1.807, 2.05) is 0 Å². The van der Waals surface area contributed by atoms with Gasteiger partial charge in [0.05, 0.1) is 5.69 Å². The van der Waals surface area contributed by atoms with Gasteiger partial charge in [0.25, 0.3) is 10.0 Å². The molecule has 1 fully saturated rings. The van der Waals surface area contributed by atoms with Gasteiger partial charge in [0, 0.05) is 17.1 Å². The van der Waals surface area contributed by atoms with Crippen LogP contribution in [0.4, 0.5) is 11.4 Å². The molecule has 1 aliphatic heterocycles. The zero-order valence-electron chi connectivity index (χ0n) is 16.3. The van der Waals surface area contributed by atoms with Crippen LogP contribution in [0, 0.1) is 0 Å². The van der Waals surface area contributed by atoms with E-state index < -0.39 is 21.2 Å². The maximum absolute atomic E-state index is 13.2. The van der Waals surface area contributed by atoms with E-state index >= 15 is 0 Å². The first kappa shape index (κ1) is 22.5. The molecule has 32 heavy (non-hydrogen) atoms. The molecule has 1 aromatic heterocycles. The number of anilines is 2. The minimum atomic E-state index is -3.99. The van der Waals surface area contributed by atoms with E-state index in [4.69, 9.17) is 11.6 Å². The molecule has 4 rings (SSSR count). The Morgan fingerprint density at radius 3 is 2.44 bits per heavy atom. The van der Waals surface area contributed by atoms with Crippen molar-refractivity contribution in [3.8, 4) is 0 Å². The van der Waals surface area contributed by atoms with Crippen molar-refractivity contribution < 1.29 is 18.0 Å². The highest BCUT2D eigenvalue weighted by Crippen LogP contribution is 2.35. The summed E-state index contributed by atoms with van der Waals surface area (Å²) in [5, 5.41) is 4.09. The largest absolute Gasteiger partial charge is 0.326 e. The van der Waals surface area contributed by atoms with E-state index in [0.717, 1.165) is 23.1 Å². The number of carbonyl (C=O) groups is 2. The summed E-state index contributed by atoms with van der Waals surface area (Å²) in [4.78, 5) is 26.9. The SMILES string of the molecule is O=C(C[C@H]1SC(=NS(=O)(=O)c2cccs2)N(c2ccccc2)C1=O)Nc1ccc(Cl)cc1. The summed E-state index contributed by atoms with van der Waals surface area (Å²) < 4.78 is 29.4. The monoisotopic (exact) mass is 505 g/mol. The molecule has 2 amide bonds. The number of benzene rings is 2. The molecule has 2 aromatic carbocycles. The molecule has 3 aromatic rings. The van der Waals surface area contributed by atoms with Crippen LogP contribution < -0.4 is 10.2 Å². The molecule has 0 spiro atoms. The van der Waals surface area contributed by atoms with Gasteiger partial charge in [-0.2, -0.15) is 8.42 Å². The number of amidine groups is 1. The average Bonchev–Trinajstić information content (AvgIpc) is 3.40. The number of halogens is 1. The van der Waals surface area contributed by atoms with Gasteiger partial charge in [0.1, 0.15) is 9.46 Å². The Bertz CT molecular complexity index is 1260. The van der Waals surface area contributed by atoms with Gasteiger partial charge >= 0.3 is 0 Å². The molecule has 0 bridgehead atoms. The smallest absolute Gasteiger partial charge is 0.294 e. The van der Waals surface area contributed by atoms with Gasteiger partial charge in [0.15, 0.2) is 5.17 Å². The van der Waals surface area contributed by atoms with Crippen molar-refractivity contribution in [2.45, 2.75) is 15.9 Å². The number of carbonyl (C=O) groups excluding carboxylic acids is 2. The third kappa shape index (κ3) is 5.04. The van der Waals surface area contributed by atoms with Gasteiger partial charge in [-0.1, -0.05) is 47.6 Å². The molecule has 0 saturated carbocycles. The van der Waals surface area contributed by atoms with Crippen molar-refractivity contribution in [1.82, 2.24) is 0 Å². The van der Waals surface area contributed by atoms with Crippen LogP contribution >= 0.6 is 34.7 Å². The summed E-state index contributed by atoms with van der Waals surface area (Å²) in [6.45, 7) is 0. The van der Waals surface area contributed by atoms with Crippen LogP contribution in [0.3, 0.4) is 0 Å². The fraction of sp³-hybridized carbons (Fsp3) is 0.0952. The second kappa shape index (κ2) is 9.45. The van der Waals surface area contributed by atoms with E-state index in [1.165, 1.54) is 11.0 Å².